The van der Waals surface area contributed by atoms with E-state index in [-0.39, 0.29) is 31.1 Å². The molecular weight excluding hydrogens is 961 g/mol. The van der Waals surface area contributed by atoms with E-state index in [0.717, 1.165) is 122 Å². The fourth-order valence-corrected chi connectivity index (χ4v) is 9.36. The van der Waals surface area contributed by atoms with Gasteiger partial charge in [-0.1, -0.05) is 298 Å². The zero-order valence-electron chi connectivity index (χ0n) is 51.4. The van der Waals surface area contributed by atoms with E-state index in [1.807, 2.05) is 0 Å². The van der Waals surface area contributed by atoms with Crippen molar-refractivity contribution in [3.05, 3.63) is 97.2 Å². The number of esters is 3. The predicted molar refractivity (Wildman–Crippen MR) is 339 cm³/mol. The highest BCUT2D eigenvalue weighted by Gasteiger charge is 2.19. The molecule has 1 atom stereocenters. The van der Waals surface area contributed by atoms with Gasteiger partial charge in [-0.25, -0.2) is 0 Å². The van der Waals surface area contributed by atoms with Crippen LogP contribution in [-0.2, 0) is 28.6 Å². The Morgan fingerprint density at radius 2 is 0.500 bits per heavy atom. The van der Waals surface area contributed by atoms with E-state index in [0.29, 0.717) is 19.3 Å². The van der Waals surface area contributed by atoms with Crippen LogP contribution >= 0.6 is 0 Å². The Hall–Kier alpha value is -3.67. The topological polar surface area (TPSA) is 78.9 Å². The average molecular weight is 1090 g/mol. The van der Waals surface area contributed by atoms with Gasteiger partial charge in [0.05, 0.1) is 0 Å². The molecule has 0 rings (SSSR count). The SMILES string of the molecule is CC/C=C\C/C=C\C/C=C\C/C=C\C/C=C\C/C=C\C/C=C\CCCCCCCCCCCC(=O)OCC(COC(=O)CCCCCCCCCCCCCCCC)OC(=O)CCCCCCC/C=C\CCCCCCCC. The van der Waals surface area contributed by atoms with Crippen LogP contribution in [0.15, 0.2) is 97.2 Å². The Kier molecular flexibility index (Phi) is 62.7. The predicted octanol–water partition coefficient (Wildman–Crippen LogP) is 22.8. The normalized spacial score (nSPS) is 12.7. The van der Waals surface area contributed by atoms with Crippen LogP contribution in [0.1, 0.15) is 323 Å². The molecule has 0 aliphatic heterocycles. The van der Waals surface area contributed by atoms with Crippen LogP contribution in [0, 0.1) is 0 Å². The number of allylic oxidation sites excluding steroid dienone is 16. The minimum Gasteiger partial charge on any atom is -0.462 e. The van der Waals surface area contributed by atoms with Gasteiger partial charge in [0, 0.05) is 19.3 Å². The summed E-state index contributed by atoms with van der Waals surface area (Å²) in [6.07, 6.45) is 88.4. The smallest absolute Gasteiger partial charge is 0.306 e. The molecule has 0 saturated heterocycles. The van der Waals surface area contributed by atoms with E-state index in [1.54, 1.807) is 0 Å². The molecule has 0 aromatic rings. The molecule has 0 saturated carbocycles. The Bertz CT molecular complexity index is 1530. The maximum absolute atomic E-state index is 12.9. The summed E-state index contributed by atoms with van der Waals surface area (Å²) < 4.78 is 16.9. The van der Waals surface area contributed by atoms with E-state index < -0.39 is 6.10 Å². The summed E-state index contributed by atoms with van der Waals surface area (Å²) in [6.45, 7) is 6.54. The lowest BCUT2D eigenvalue weighted by molar-refractivity contribution is -0.167. The number of unbranched alkanes of at least 4 members (excludes halogenated alkanes) is 33. The minimum atomic E-state index is -0.783. The summed E-state index contributed by atoms with van der Waals surface area (Å²) in [6, 6.07) is 0. The van der Waals surface area contributed by atoms with Gasteiger partial charge in [-0.3, -0.25) is 14.4 Å². The molecule has 0 fully saturated rings. The first-order chi connectivity index (χ1) is 38.5. The summed E-state index contributed by atoms with van der Waals surface area (Å²) in [7, 11) is 0. The summed E-state index contributed by atoms with van der Waals surface area (Å²) in [5.74, 6) is -0.881. The third-order valence-corrected chi connectivity index (χ3v) is 14.3. The quantitative estimate of drug-likeness (QED) is 0.0261. The van der Waals surface area contributed by atoms with Gasteiger partial charge >= 0.3 is 17.9 Å². The third kappa shape index (κ3) is 63.2. The van der Waals surface area contributed by atoms with Crippen molar-refractivity contribution < 1.29 is 28.6 Å². The first kappa shape index (κ1) is 74.3. The van der Waals surface area contributed by atoms with Crippen molar-refractivity contribution in [2.45, 2.75) is 329 Å². The van der Waals surface area contributed by atoms with Crippen LogP contribution in [0.3, 0.4) is 0 Å². The van der Waals surface area contributed by atoms with Gasteiger partial charge in [0.1, 0.15) is 13.2 Å². The lowest BCUT2D eigenvalue weighted by atomic mass is 10.0. The fourth-order valence-electron chi connectivity index (χ4n) is 9.36. The van der Waals surface area contributed by atoms with E-state index in [4.69, 9.17) is 14.2 Å². The van der Waals surface area contributed by atoms with Crippen molar-refractivity contribution in [3.8, 4) is 0 Å². The monoisotopic (exact) mass is 1080 g/mol. The van der Waals surface area contributed by atoms with E-state index >= 15 is 0 Å². The standard InChI is InChI=1S/C72H124O6/c1-4-7-10-13-16-19-22-25-28-29-30-31-32-33-34-35-36-37-38-39-40-41-42-43-45-47-50-53-56-59-62-65-71(74)77-68-69(67-76-70(73)64-61-58-55-52-49-46-27-24-21-18-15-12-9-6-3)78-72(75)66-63-60-57-54-51-48-44-26-23-20-17-14-11-8-5-2/h7,10,16,19,25-26,28,30-31,33-34,36-37,39-40,44,69H,4-6,8-9,11-15,17-18,20-24,27,29,32,35,38,41-43,45-68H2,1-3H3/b10-7-,19-16-,28-25-,31-30-,34-33-,37-36-,40-39-,44-26-. The molecule has 0 aliphatic carbocycles. The van der Waals surface area contributed by atoms with Gasteiger partial charge in [-0.15, -0.1) is 0 Å². The lowest BCUT2D eigenvalue weighted by Gasteiger charge is -2.18. The molecule has 0 aromatic carbocycles. The molecule has 6 nitrogen and oxygen atoms in total. The molecule has 6 heteroatoms. The molecule has 0 aromatic heterocycles. The van der Waals surface area contributed by atoms with E-state index in [9.17, 15) is 14.4 Å². The van der Waals surface area contributed by atoms with Gasteiger partial charge in [-0.2, -0.15) is 0 Å². The van der Waals surface area contributed by atoms with Crippen molar-refractivity contribution in [2.75, 3.05) is 13.2 Å². The van der Waals surface area contributed by atoms with Crippen LogP contribution in [0.4, 0.5) is 0 Å². The average Bonchev–Trinajstić information content (AvgIpc) is 3.44. The molecule has 0 bridgehead atoms. The van der Waals surface area contributed by atoms with E-state index in [2.05, 4.69) is 118 Å². The largest absolute Gasteiger partial charge is 0.462 e. The summed E-state index contributed by atoms with van der Waals surface area (Å²) in [5, 5.41) is 0. The second-order valence-electron chi connectivity index (χ2n) is 22.0. The first-order valence-corrected chi connectivity index (χ1v) is 33.2. The van der Waals surface area contributed by atoms with Crippen LogP contribution < -0.4 is 0 Å². The molecule has 0 N–H and O–H groups in total. The van der Waals surface area contributed by atoms with Gasteiger partial charge in [0.15, 0.2) is 6.10 Å². The molecule has 1 unspecified atom stereocenters. The van der Waals surface area contributed by atoms with E-state index in [1.165, 1.54) is 161 Å². The highest BCUT2D eigenvalue weighted by molar-refractivity contribution is 5.71. The lowest BCUT2D eigenvalue weighted by Crippen LogP contribution is -2.30. The second-order valence-corrected chi connectivity index (χ2v) is 22.0. The molecule has 0 radical (unpaired) electrons. The fraction of sp³-hybridized carbons (Fsp3) is 0.736. The Morgan fingerprint density at radius 3 is 0.795 bits per heavy atom. The summed E-state index contributed by atoms with van der Waals surface area (Å²) in [5.41, 5.74) is 0. The minimum absolute atomic E-state index is 0.0788. The first-order valence-electron chi connectivity index (χ1n) is 33.2. The Morgan fingerprint density at radius 1 is 0.269 bits per heavy atom. The number of hydrogen-bond donors (Lipinski definition) is 0. The van der Waals surface area contributed by atoms with Crippen LogP contribution in [0.2, 0.25) is 0 Å². The van der Waals surface area contributed by atoms with Gasteiger partial charge in [-0.05, 0) is 103 Å². The number of rotatable bonds is 60. The number of hydrogen-bond acceptors (Lipinski definition) is 6. The number of carbonyl (C=O) groups is 3. The molecule has 0 aliphatic rings. The molecule has 0 spiro atoms. The van der Waals surface area contributed by atoms with Crippen molar-refractivity contribution >= 4 is 17.9 Å². The molecule has 0 heterocycles. The van der Waals surface area contributed by atoms with Crippen LogP contribution in [0.25, 0.3) is 0 Å². The highest BCUT2D eigenvalue weighted by Crippen LogP contribution is 2.16. The third-order valence-electron chi connectivity index (χ3n) is 14.3. The highest BCUT2D eigenvalue weighted by atomic mass is 16.6. The maximum Gasteiger partial charge on any atom is 0.306 e. The zero-order chi connectivity index (χ0) is 56.4. The molecular formula is C72H124O6. The van der Waals surface area contributed by atoms with Crippen LogP contribution in [-0.4, -0.2) is 37.2 Å². The van der Waals surface area contributed by atoms with Crippen molar-refractivity contribution in [1.29, 1.82) is 0 Å². The second kappa shape index (κ2) is 65.8. The van der Waals surface area contributed by atoms with Crippen molar-refractivity contribution in [3.63, 3.8) is 0 Å². The van der Waals surface area contributed by atoms with Gasteiger partial charge < -0.3 is 14.2 Å². The maximum atomic E-state index is 12.9. The van der Waals surface area contributed by atoms with Gasteiger partial charge in [0.2, 0.25) is 0 Å². The van der Waals surface area contributed by atoms with Crippen molar-refractivity contribution in [2.24, 2.45) is 0 Å². The van der Waals surface area contributed by atoms with Crippen molar-refractivity contribution in [1.82, 2.24) is 0 Å². The Balaban J connectivity index is 4.27. The summed E-state index contributed by atoms with van der Waals surface area (Å²) >= 11 is 0. The molecule has 0 amide bonds. The molecule has 78 heavy (non-hydrogen) atoms. The summed E-state index contributed by atoms with van der Waals surface area (Å²) in [4.78, 5) is 38.3. The van der Waals surface area contributed by atoms with Crippen LogP contribution in [0.5, 0.6) is 0 Å². The van der Waals surface area contributed by atoms with Gasteiger partial charge in [0.25, 0.3) is 0 Å². The molecule has 448 valence electrons. The Labute approximate surface area is 483 Å². The number of ether oxygens (including phenoxy) is 3. The number of carbonyl (C=O) groups excluding carboxylic acids is 3. The zero-order valence-corrected chi connectivity index (χ0v) is 51.4.